The van der Waals surface area contributed by atoms with Crippen LogP contribution in [0.1, 0.15) is 61.2 Å². The number of hydrogen-bond acceptors (Lipinski definition) is 12. The van der Waals surface area contributed by atoms with Crippen LogP contribution < -0.4 is 10.6 Å². The molecule has 1 aromatic heterocycles. The molecule has 3 rings (SSSR count). The van der Waals surface area contributed by atoms with E-state index in [1.54, 1.807) is 29.0 Å². The summed E-state index contributed by atoms with van der Waals surface area (Å²) in [5, 5.41) is 16.9. The highest BCUT2D eigenvalue weighted by Gasteiger charge is 2.34. The van der Waals surface area contributed by atoms with Crippen LogP contribution in [0, 0.1) is 10.1 Å². The molecule has 3 atom stereocenters. The maximum absolute atomic E-state index is 12.5. The Morgan fingerprint density at radius 1 is 1.14 bits per heavy atom. The quantitative estimate of drug-likeness (QED) is 0.0626. The van der Waals surface area contributed by atoms with Gasteiger partial charge in [-0.2, -0.15) is 0 Å². The Hall–Kier alpha value is -3.24. The number of methoxy groups -OCH3 is 1. The average molecular weight is 651 g/mol. The van der Waals surface area contributed by atoms with Gasteiger partial charge in [-0.15, -0.1) is 0 Å². The Morgan fingerprint density at radius 2 is 1.86 bits per heavy atom. The third kappa shape index (κ3) is 12.0. The zero-order valence-electron chi connectivity index (χ0n) is 25.1. The molecule has 3 unspecified atom stereocenters. The van der Waals surface area contributed by atoms with Crippen LogP contribution in [0.5, 0.6) is 0 Å². The maximum Gasteiger partial charge on any atom is 0.306 e. The zero-order valence-corrected chi connectivity index (χ0v) is 26.7. The predicted octanol–water partition coefficient (Wildman–Crippen LogP) is 4.22. The minimum absolute atomic E-state index is 0.0495. The first-order valence-corrected chi connectivity index (χ1v) is 16.2. The van der Waals surface area contributed by atoms with Crippen molar-refractivity contribution in [1.82, 2.24) is 15.6 Å². The summed E-state index contributed by atoms with van der Waals surface area (Å²) in [7, 11) is 4.42. The van der Waals surface area contributed by atoms with Crippen LogP contribution in [-0.4, -0.2) is 79.1 Å². The Balaban J connectivity index is 1.27. The number of ether oxygens (including phenoxy) is 4. The first-order chi connectivity index (χ1) is 21.0. The number of benzene rings is 1. The lowest BCUT2D eigenvalue weighted by Crippen LogP contribution is -2.35. The summed E-state index contributed by atoms with van der Waals surface area (Å²) in [5.74, 6) is -1.15. The fourth-order valence-electron chi connectivity index (χ4n) is 4.08. The van der Waals surface area contributed by atoms with E-state index in [1.807, 2.05) is 32.9 Å². The minimum Gasteiger partial charge on any atom is -0.460 e. The standard InChI is InChI=1S/C29H38N4O9S2/c1-19(43-44-25-11-9-22(16-32-25)33(37)38)20-5-7-21(8-6-20)28(36)31-14-13-30-24(34)10-12-26(35)40-18-27(39-4)42-23-15-29(2,3)41-17-23/h5-9,11,16,19,23,27H,10,12-15,17-18H2,1-4H3,(H,30,34)(H,31,36). The first-order valence-electron chi connectivity index (χ1n) is 14.0. The van der Waals surface area contributed by atoms with Gasteiger partial charge in [-0.1, -0.05) is 22.9 Å². The molecule has 2 N–H and O–H groups in total. The van der Waals surface area contributed by atoms with Gasteiger partial charge in [0.15, 0.2) is 6.29 Å². The highest BCUT2D eigenvalue weighted by Crippen LogP contribution is 2.41. The van der Waals surface area contributed by atoms with E-state index in [4.69, 9.17) is 18.9 Å². The summed E-state index contributed by atoms with van der Waals surface area (Å²) in [4.78, 5) is 51.0. The number of nitro groups is 1. The zero-order chi connectivity index (χ0) is 32.1. The van der Waals surface area contributed by atoms with Gasteiger partial charge in [-0.3, -0.25) is 24.5 Å². The number of carbonyl (C=O) groups excluding carboxylic acids is 3. The van der Waals surface area contributed by atoms with Crippen LogP contribution in [-0.2, 0) is 28.5 Å². The van der Waals surface area contributed by atoms with E-state index in [9.17, 15) is 24.5 Å². The third-order valence-corrected chi connectivity index (χ3v) is 9.24. The molecule has 0 radical (unpaired) electrons. The molecule has 2 heterocycles. The molecule has 2 amide bonds. The Bertz CT molecular complexity index is 1260. The molecule has 13 nitrogen and oxygen atoms in total. The van der Waals surface area contributed by atoms with Crippen molar-refractivity contribution >= 4 is 45.1 Å². The predicted molar refractivity (Wildman–Crippen MR) is 165 cm³/mol. The summed E-state index contributed by atoms with van der Waals surface area (Å²) in [6, 6.07) is 10.2. The molecule has 240 valence electrons. The number of esters is 1. The number of amides is 2. The summed E-state index contributed by atoms with van der Waals surface area (Å²) >= 11 is 0. The van der Waals surface area contributed by atoms with Crippen LogP contribution in [0.2, 0.25) is 0 Å². The number of aromatic nitrogens is 1. The molecule has 1 aromatic carbocycles. The second-order valence-corrected chi connectivity index (χ2v) is 13.1. The van der Waals surface area contributed by atoms with Gasteiger partial charge in [0.2, 0.25) is 5.91 Å². The molecular formula is C29H38N4O9S2. The Kier molecular flexibility index (Phi) is 13.9. The molecule has 44 heavy (non-hydrogen) atoms. The highest BCUT2D eigenvalue weighted by atomic mass is 33.1. The molecule has 1 aliphatic heterocycles. The lowest BCUT2D eigenvalue weighted by molar-refractivity contribution is -0.385. The molecule has 2 aromatic rings. The van der Waals surface area contributed by atoms with Crippen LogP contribution in [0.15, 0.2) is 47.6 Å². The van der Waals surface area contributed by atoms with E-state index in [0.717, 1.165) is 5.56 Å². The van der Waals surface area contributed by atoms with Gasteiger partial charge in [0.25, 0.3) is 11.6 Å². The van der Waals surface area contributed by atoms with Crippen molar-refractivity contribution in [2.75, 3.05) is 33.4 Å². The van der Waals surface area contributed by atoms with E-state index < -0.39 is 17.2 Å². The van der Waals surface area contributed by atoms with E-state index in [0.29, 0.717) is 23.6 Å². The third-order valence-electron chi connectivity index (χ3n) is 6.51. The van der Waals surface area contributed by atoms with E-state index in [2.05, 4.69) is 15.6 Å². The largest absolute Gasteiger partial charge is 0.460 e. The molecule has 15 heteroatoms. The normalized spacial score (nSPS) is 17.0. The lowest BCUT2D eigenvalue weighted by Gasteiger charge is -2.20. The molecule has 1 aliphatic rings. The summed E-state index contributed by atoms with van der Waals surface area (Å²) < 4.78 is 21.8. The van der Waals surface area contributed by atoms with Gasteiger partial charge >= 0.3 is 5.97 Å². The number of nitrogens with one attached hydrogen (secondary N) is 2. The second kappa shape index (κ2) is 17.3. The van der Waals surface area contributed by atoms with Crippen molar-refractivity contribution in [1.29, 1.82) is 0 Å². The van der Waals surface area contributed by atoms with Gasteiger partial charge in [0, 0.05) is 49.9 Å². The van der Waals surface area contributed by atoms with Crippen molar-refractivity contribution < 1.29 is 38.3 Å². The minimum atomic E-state index is -0.719. The van der Waals surface area contributed by atoms with Crippen LogP contribution in [0.4, 0.5) is 5.69 Å². The molecule has 0 spiro atoms. The number of rotatable bonds is 17. The van der Waals surface area contributed by atoms with Crippen molar-refractivity contribution in [3.8, 4) is 0 Å². The fourth-order valence-corrected chi connectivity index (χ4v) is 6.17. The molecule has 1 fully saturated rings. The van der Waals surface area contributed by atoms with Gasteiger partial charge in [0.05, 0.1) is 29.7 Å². The Labute approximate surface area is 264 Å². The topological polar surface area (TPSA) is 168 Å². The molecule has 0 bridgehead atoms. The highest BCUT2D eigenvalue weighted by molar-refractivity contribution is 8.76. The number of pyridine rings is 1. The summed E-state index contributed by atoms with van der Waals surface area (Å²) in [6.07, 6.45) is 0.925. The molecular weight excluding hydrogens is 612 g/mol. The monoisotopic (exact) mass is 650 g/mol. The fraction of sp³-hybridized carbons (Fsp3) is 0.517. The molecule has 0 saturated carbocycles. The van der Waals surface area contributed by atoms with Gasteiger partial charge in [-0.05, 0) is 55.3 Å². The van der Waals surface area contributed by atoms with E-state index in [1.165, 1.54) is 30.2 Å². The molecule has 1 saturated heterocycles. The van der Waals surface area contributed by atoms with Crippen molar-refractivity contribution in [3.05, 3.63) is 63.8 Å². The second-order valence-electron chi connectivity index (χ2n) is 10.5. The summed E-state index contributed by atoms with van der Waals surface area (Å²) in [5.41, 5.74) is 1.16. The average Bonchev–Trinajstić information content (AvgIpc) is 3.36. The first kappa shape index (κ1) is 35.2. The number of hydrogen-bond donors (Lipinski definition) is 2. The summed E-state index contributed by atoms with van der Waals surface area (Å²) in [6.45, 7) is 6.75. The smallest absolute Gasteiger partial charge is 0.306 e. The van der Waals surface area contributed by atoms with Crippen molar-refractivity contribution in [3.63, 3.8) is 0 Å². The van der Waals surface area contributed by atoms with Gasteiger partial charge in [0.1, 0.15) is 17.8 Å². The maximum atomic E-state index is 12.5. The van der Waals surface area contributed by atoms with Crippen molar-refractivity contribution in [2.24, 2.45) is 0 Å². The van der Waals surface area contributed by atoms with Gasteiger partial charge in [-0.25, -0.2) is 4.98 Å². The van der Waals surface area contributed by atoms with Crippen LogP contribution in [0.25, 0.3) is 0 Å². The van der Waals surface area contributed by atoms with Gasteiger partial charge < -0.3 is 29.6 Å². The van der Waals surface area contributed by atoms with Crippen LogP contribution >= 0.6 is 21.6 Å². The number of nitrogens with zero attached hydrogens (tertiary/aromatic N) is 2. The van der Waals surface area contributed by atoms with E-state index >= 15 is 0 Å². The van der Waals surface area contributed by atoms with E-state index in [-0.39, 0.29) is 67.0 Å². The number of carbonyl (C=O) groups is 3. The van der Waals surface area contributed by atoms with Crippen LogP contribution in [0.3, 0.4) is 0 Å². The SMILES string of the molecule is COC(COC(=O)CCC(=O)NCCNC(=O)c1ccc(C(C)SSc2ccc([N+](=O)[O-])cn2)cc1)OC1COC(C)(C)C1. The lowest BCUT2D eigenvalue weighted by atomic mass is 10.1. The molecule has 0 aliphatic carbocycles. The van der Waals surface area contributed by atoms with Crippen molar-refractivity contribution in [2.45, 2.75) is 68.3 Å². The Morgan fingerprint density at radius 3 is 2.48 bits per heavy atom.